The van der Waals surface area contributed by atoms with Crippen molar-refractivity contribution < 1.29 is 8.85 Å². The summed E-state index contributed by atoms with van der Waals surface area (Å²) in [5.74, 6) is 1.55. The molecule has 0 bridgehead atoms. The molecule has 3 aromatic carbocycles. The van der Waals surface area contributed by atoms with E-state index in [-0.39, 0.29) is 0 Å². The molecule has 114 valence electrons. The minimum absolute atomic E-state index is 0.777. The zero-order valence-electron chi connectivity index (χ0n) is 12.8. The average Bonchev–Trinajstić information content (AvgIpc) is 2.63. The van der Waals surface area contributed by atoms with Gasteiger partial charge in [0.25, 0.3) is 0 Å². The molecule has 2 nitrogen and oxygen atoms in total. The summed E-state index contributed by atoms with van der Waals surface area (Å²) in [7, 11) is -2.86. The Labute approximate surface area is 137 Å². The number of benzene rings is 3. The quantitative estimate of drug-likeness (QED) is 0.634. The molecular formula is C20H18O2Si. The molecule has 0 aliphatic carbocycles. The van der Waals surface area contributed by atoms with E-state index in [1.165, 1.54) is 0 Å². The second-order valence-electron chi connectivity index (χ2n) is 5.07. The van der Waals surface area contributed by atoms with Crippen LogP contribution in [0.25, 0.3) is 0 Å². The van der Waals surface area contributed by atoms with Crippen molar-refractivity contribution in [3.8, 4) is 11.5 Å². The van der Waals surface area contributed by atoms with Gasteiger partial charge in [0.05, 0.1) is 0 Å². The molecule has 0 saturated heterocycles. The molecule has 0 N–H and O–H groups in total. The van der Waals surface area contributed by atoms with Gasteiger partial charge in [0, 0.05) is 5.19 Å². The van der Waals surface area contributed by atoms with Crippen LogP contribution in [0.15, 0.2) is 103 Å². The largest absolute Gasteiger partial charge is 0.523 e. The lowest BCUT2D eigenvalue weighted by Crippen LogP contribution is -2.58. The Morgan fingerprint density at radius 3 is 1.39 bits per heavy atom. The molecule has 0 heterocycles. The van der Waals surface area contributed by atoms with Crippen molar-refractivity contribution >= 4 is 13.7 Å². The van der Waals surface area contributed by atoms with Crippen molar-refractivity contribution in [2.75, 3.05) is 0 Å². The maximum absolute atomic E-state index is 6.34. The summed E-state index contributed by atoms with van der Waals surface area (Å²) >= 11 is 0. The predicted octanol–water partition coefficient (Wildman–Crippen LogP) is 4.22. The van der Waals surface area contributed by atoms with Gasteiger partial charge in [-0.3, -0.25) is 0 Å². The molecule has 0 amide bonds. The Balaban J connectivity index is 2.02. The van der Waals surface area contributed by atoms with Crippen molar-refractivity contribution in [3.05, 3.63) is 103 Å². The number of hydrogen-bond acceptors (Lipinski definition) is 2. The van der Waals surface area contributed by atoms with E-state index in [4.69, 9.17) is 8.85 Å². The van der Waals surface area contributed by atoms with Gasteiger partial charge in [0.15, 0.2) is 0 Å². The van der Waals surface area contributed by atoms with Crippen molar-refractivity contribution in [1.29, 1.82) is 0 Å². The van der Waals surface area contributed by atoms with Crippen LogP contribution in [0.2, 0.25) is 0 Å². The molecule has 3 rings (SSSR count). The van der Waals surface area contributed by atoms with E-state index in [9.17, 15) is 0 Å². The first-order valence-corrected chi connectivity index (χ1v) is 9.39. The van der Waals surface area contributed by atoms with Crippen LogP contribution in [0.5, 0.6) is 11.5 Å². The van der Waals surface area contributed by atoms with Gasteiger partial charge in [-0.25, -0.2) is 0 Å². The van der Waals surface area contributed by atoms with E-state index < -0.39 is 8.56 Å². The molecular weight excluding hydrogens is 300 g/mol. The summed E-state index contributed by atoms with van der Waals surface area (Å²) in [6, 6.07) is 29.5. The van der Waals surface area contributed by atoms with Gasteiger partial charge in [0.2, 0.25) is 0 Å². The van der Waals surface area contributed by atoms with E-state index in [1.54, 1.807) is 0 Å². The van der Waals surface area contributed by atoms with Crippen LogP contribution in [0.4, 0.5) is 0 Å². The van der Waals surface area contributed by atoms with Gasteiger partial charge in [-0.1, -0.05) is 73.3 Å². The van der Waals surface area contributed by atoms with Gasteiger partial charge in [0.1, 0.15) is 11.5 Å². The zero-order valence-corrected chi connectivity index (χ0v) is 13.8. The first kappa shape index (κ1) is 15.1. The third-order valence-corrected chi connectivity index (χ3v) is 6.22. The zero-order chi connectivity index (χ0) is 16.0. The molecule has 0 radical (unpaired) electrons. The van der Waals surface area contributed by atoms with Crippen molar-refractivity contribution in [2.45, 2.75) is 0 Å². The molecule has 3 aromatic rings. The number of para-hydroxylation sites is 2. The third kappa shape index (κ3) is 3.52. The van der Waals surface area contributed by atoms with E-state index >= 15 is 0 Å². The topological polar surface area (TPSA) is 18.5 Å². The van der Waals surface area contributed by atoms with Gasteiger partial charge in [-0.2, -0.15) is 0 Å². The minimum atomic E-state index is -2.86. The highest BCUT2D eigenvalue weighted by molar-refractivity contribution is 6.86. The Kier molecular flexibility index (Phi) is 4.59. The van der Waals surface area contributed by atoms with Crippen molar-refractivity contribution in [2.24, 2.45) is 0 Å². The van der Waals surface area contributed by atoms with Crippen LogP contribution in [0, 0.1) is 0 Å². The highest BCUT2D eigenvalue weighted by atomic mass is 28.4. The van der Waals surface area contributed by atoms with Crippen molar-refractivity contribution in [3.63, 3.8) is 0 Å². The highest BCUT2D eigenvalue weighted by Gasteiger charge is 2.41. The molecule has 0 aliphatic heterocycles. The lowest BCUT2D eigenvalue weighted by molar-refractivity contribution is 0.416. The monoisotopic (exact) mass is 318 g/mol. The second kappa shape index (κ2) is 6.98. The van der Waals surface area contributed by atoms with Gasteiger partial charge < -0.3 is 8.85 Å². The Morgan fingerprint density at radius 1 is 0.609 bits per heavy atom. The Hall–Kier alpha value is -2.78. The molecule has 0 fully saturated rings. The summed E-state index contributed by atoms with van der Waals surface area (Å²) in [4.78, 5) is 0. The van der Waals surface area contributed by atoms with Crippen LogP contribution in [-0.2, 0) is 0 Å². The molecule has 3 heteroatoms. The van der Waals surface area contributed by atoms with Crippen LogP contribution < -0.4 is 14.0 Å². The van der Waals surface area contributed by atoms with Crippen molar-refractivity contribution in [1.82, 2.24) is 0 Å². The lowest BCUT2D eigenvalue weighted by Gasteiger charge is -2.29. The standard InChI is InChI=1S/C20H18O2Si/c1-2-23(20-16-10-5-11-17-20,21-18-12-6-3-7-13-18)22-19-14-8-4-9-15-19/h2-17H,1H2. The summed E-state index contributed by atoms with van der Waals surface area (Å²) in [6.45, 7) is 4.01. The average molecular weight is 318 g/mol. The summed E-state index contributed by atoms with van der Waals surface area (Å²) < 4.78 is 12.7. The first-order valence-electron chi connectivity index (χ1n) is 7.50. The molecule has 0 saturated carbocycles. The number of hydrogen-bond donors (Lipinski definition) is 0. The predicted molar refractivity (Wildman–Crippen MR) is 96.2 cm³/mol. The van der Waals surface area contributed by atoms with Gasteiger partial charge in [-0.15, -0.1) is 0 Å². The van der Waals surface area contributed by atoms with E-state index in [1.807, 2.05) is 96.7 Å². The lowest BCUT2D eigenvalue weighted by atomic mass is 10.3. The van der Waals surface area contributed by atoms with Crippen LogP contribution in [0.3, 0.4) is 0 Å². The van der Waals surface area contributed by atoms with Gasteiger partial charge >= 0.3 is 8.56 Å². The SMILES string of the molecule is C=C[Si](Oc1ccccc1)(Oc1ccccc1)c1ccccc1. The maximum atomic E-state index is 6.34. The first-order chi connectivity index (χ1) is 11.3. The van der Waals surface area contributed by atoms with Crippen LogP contribution >= 0.6 is 0 Å². The molecule has 23 heavy (non-hydrogen) atoms. The fourth-order valence-corrected chi connectivity index (χ4v) is 4.65. The van der Waals surface area contributed by atoms with Crippen LogP contribution in [0.1, 0.15) is 0 Å². The molecule has 0 unspecified atom stereocenters. The Morgan fingerprint density at radius 2 is 1.00 bits per heavy atom. The fourth-order valence-electron chi connectivity index (χ4n) is 2.34. The van der Waals surface area contributed by atoms with E-state index in [0.717, 1.165) is 16.7 Å². The van der Waals surface area contributed by atoms with E-state index in [0.29, 0.717) is 0 Å². The normalized spacial score (nSPS) is 10.8. The number of rotatable bonds is 6. The fraction of sp³-hybridized carbons (Fsp3) is 0. The Bertz CT molecular complexity index is 701. The minimum Gasteiger partial charge on any atom is -0.506 e. The molecule has 0 spiro atoms. The molecule has 0 aliphatic rings. The van der Waals surface area contributed by atoms with E-state index in [2.05, 4.69) is 6.58 Å². The third-order valence-electron chi connectivity index (χ3n) is 3.47. The summed E-state index contributed by atoms with van der Waals surface area (Å²) in [5, 5.41) is 1.02. The van der Waals surface area contributed by atoms with Gasteiger partial charge in [-0.05, 0) is 30.0 Å². The maximum Gasteiger partial charge on any atom is 0.523 e. The van der Waals surface area contributed by atoms with Crippen LogP contribution in [-0.4, -0.2) is 8.56 Å². The summed E-state index contributed by atoms with van der Waals surface area (Å²) in [6.07, 6.45) is 0. The molecule has 0 aromatic heterocycles. The highest BCUT2D eigenvalue weighted by Crippen LogP contribution is 2.21. The second-order valence-corrected chi connectivity index (χ2v) is 7.80. The summed E-state index contributed by atoms with van der Waals surface area (Å²) in [5.41, 5.74) is 1.82. The molecule has 0 atom stereocenters. The smallest absolute Gasteiger partial charge is 0.506 e.